The van der Waals surface area contributed by atoms with E-state index in [1.165, 1.54) is 16.6 Å². The second kappa shape index (κ2) is 7.31. The molecule has 0 saturated heterocycles. The van der Waals surface area contributed by atoms with Gasteiger partial charge in [0, 0.05) is 28.4 Å². The molecule has 2 heterocycles. The standard InChI is InChI=1S/C16H20N4OS2/c1-3-7-20-15(11-8-13(4-2)22-9-11)18-19-16(20)23-10-14(21)17-12-5-6-12/h3,8-9,12H,1,4-7,10H2,2H3,(H,17,21). The first-order chi connectivity index (χ1) is 11.2. The number of aromatic nitrogens is 3. The topological polar surface area (TPSA) is 59.8 Å². The lowest BCUT2D eigenvalue weighted by Crippen LogP contribution is -2.27. The molecule has 1 amide bonds. The van der Waals surface area contributed by atoms with Gasteiger partial charge in [-0.2, -0.15) is 0 Å². The van der Waals surface area contributed by atoms with Crippen LogP contribution >= 0.6 is 23.1 Å². The molecule has 122 valence electrons. The summed E-state index contributed by atoms with van der Waals surface area (Å²) >= 11 is 3.16. The molecule has 7 heteroatoms. The van der Waals surface area contributed by atoms with E-state index in [-0.39, 0.29) is 5.91 Å². The largest absolute Gasteiger partial charge is 0.353 e. The van der Waals surface area contributed by atoms with E-state index in [2.05, 4.69) is 40.5 Å². The molecule has 0 spiro atoms. The summed E-state index contributed by atoms with van der Waals surface area (Å²) in [7, 11) is 0. The van der Waals surface area contributed by atoms with Crippen LogP contribution in [0.4, 0.5) is 0 Å². The van der Waals surface area contributed by atoms with Gasteiger partial charge in [-0.3, -0.25) is 9.36 Å². The molecule has 1 N–H and O–H groups in total. The molecule has 1 saturated carbocycles. The Labute approximate surface area is 144 Å². The summed E-state index contributed by atoms with van der Waals surface area (Å²) in [5, 5.41) is 14.4. The third-order valence-electron chi connectivity index (χ3n) is 3.56. The third kappa shape index (κ3) is 4.03. The highest BCUT2D eigenvalue weighted by atomic mass is 32.2. The lowest BCUT2D eigenvalue weighted by Gasteiger charge is -2.07. The first kappa shape index (κ1) is 16.3. The number of amides is 1. The van der Waals surface area contributed by atoms with Crippen LogP contribution in [0.2, 0.25) is 0 Å². The second-order valence-corrected chi connectivity index (χ2v) is 7.43. The van der Waals surface area contributed by atoms with E-state index < -0.39 is 0 Å². The second-order valence-electron chi connectivity index (χ2n) is 5.49. The zero-order valence-electron chi connectivity index (χ0n) is 13.1. The molecule has 1 aliphatic rings. The minimum Gasteiger partial charge on any atom is -0.353 e. The number of thioether (sulfide) groups is 1. The molecule has 1 fully saturated rings. The minimum absolute atomic E-state index is 0.0657. The van der Waals surface area contributed by atoms with Crippen LogP contribution in [-0.4, -0.2) is 32.5 Å². The maximum absolute atomic E-state index is 11.8. The molecule has 0 bridgehead atoms. The van der Waals surface area contributed by atoms with Crippen molar-refractivity contribution in [3.05, 3.63) is 29.0 Å². The maximum Gasteiger partial charge on any atom is 0.230 e. The van der Waals surface area contributed by atoms with Crippen molar-refractivity contribution in [3.8, 4) is 11.4 Å². The number of allylic oxidation sites excluding steroid dienone is 1. The lowest BCUT2D eigenvalue weighted by molar-refractivity contribution is -0.118. The Balaban J connectivity index is 1.74. The number of hydrogen-bond acceptors (Lipinski definition) is 5. The Morgan fingerprint density at radius 2 is 2.39 bits per heavy atom. The SMILES string of the molecule is C=CCn1c(SCC(=O)NC2CC2)nnc1-c1csc(CC)c1. The fourth-order valence-corrected chi connectivity index (χ4v) is 3.79. The number of thiophene rings is 1. The molecule has 1 aliphatic carbocycles. The Morgan fingerprint density at radius 1 is 1.57 bits per heavy atom. The van der Waals surface area contributed by atoms with Crippen LogP contribution in [0.25, 0.3) is 11.4 Å². The summed E-state index contributed by atoms with van der Waals surface area (Å²) < 4.78 is 2.02. The predicted molar refractivity (Wildman–Crippen MR) is 94.8 cm³/mol. The zero-order valence-corrected chi connectivity index (χ0v) is 14.8. The average Bonchev–Trinajstić information content (AvgIpc) is 3.09. The normalized spacial score (nSPS) is 14.0. The van der Waals surface area contributed by atoms with Crippen molar-refractivity contribution in [1.82, 2.24) is 20.1 Å². The van der Waals surface area contributed by atoms with Crippen LogP contribution in [0.5, 0.6) is 0 Å². The Morgan fingerprint density at radius 3 is 3.04 bits per heavy atom. The first-order valence-corrected chi connectivity index (χ1v) is 9.61. The molecule has 2 aromatic rings. The van der Waals surface area contributed by atoms with Gasteiger partial charge in [-0.05, 0) is 25.3 Å². The van der Waals surface area contributed by atoms with Crippen LogP contribution < -0.4 is 5.32 Å². The van der Waals surface area contributed by atoms with Gasteiger partial charge in [0.15, 0.2) is 11.0 Å². The van der Waals surface area contributed by atoms with E-state index in [4.69, 9.17) is 0 Å². The molecule has 0 radical (unpaired) electrons. The summed E-state index contributed by atoms with van der Waals surface area (Å²) in [5.74, 6) is 1.28. The molecule has 2 aromatic heterocycles. The van der Waals surface area contributed by atoms with Crippen molar-refractivity contribution in [2.75, 3.05) is 5.75 Å². The maximum atomic E-state index is 11.8. The molecule has 0 aliphatic heterocycles. The van der Waals surface area contributed by atoms with E-state index in [9.17, 15) is 4.79 Å². The van der Waals surface area contributed by atoms with Gasteiger partial charge in [-0.25, -0.2) is 0 Å². The molecule has 0 unspecified atom stereocenters. The van der Waals surface area contributed by atoms with Gasteiger partial charge in [0.1, 0.15) is 0 Å². The summed E-state index contributed by atoms with van der Waals surface area (Å²) in [6.07, 6.45) is 5.05. The highest BCUT2D eigenvalue weighted by Gasteiger charge is 2.23. The van der Waals surface area contributed by atoms with Crippen molar-refractivity contribution in [1.29, 1.82) is 0 Å². The Hall–Kier alpha value is -1.60. The van der Waals surface area contributed by atoms with Gasteiger partial charge in [0.2, 0.25) is 5.91 Å². The average molecular weight is 348 g/mol. The molecule has 3 rings (SSSR count). The van der Waals surface area contributed by atoms with Crippen LogP contribution in [0.3, 0.4) is 0 Å². The van der Waals surface area contributed by atoms with E-state index in [1.807, 2.05) is 10.6 Å². The molecule has 0 atom stereocenters. The first-order valence-electron chi connectivity index (χ1n) is 7.75. The van der Waals surface area contributed by atoms with Gasteiger partial charge in [-0.15, -0.1) is 28.1 Å². The van der Waals surface area contributed by atoms with Crippen LogP contribution in [0.15, 0.2) is 29.3 Å². The number of carbonyl (C=O) groups excluding carboxylic acids is 1. The monoisotopic (exact) mass is 348 g/mol. The molecule has 0 aromatic carbocycles. The molecular weight excluding hydrogens is 328 g/mol. The number of nitrogens with one attached hydrogen (secondary N) is 1. The van der Waals surface area contributed by atoms with Gasteiger partial charge >= 0.3 is 0 Å². The summed E-state index contributed by atoms with van der Waals surface area (Å²) in [4.78, 5) is 13.2. The number of rotatable bonds is 8. The van der Waals surface area contributed by atoms with Crippen molar-refractivity contribution in [2.24, 2.45) is 0 Å². The third-order valence-corrected chi connectivity index (χ3v) is 5.61. The number of aryl methyl sites for hydroxylation is 1. The highest BCUT2D eigenvalue weighted by Crippen LogP contribution is 2.28. The van der Waals surface area contributed by atoms with Crippen molar-refractivity contribution in [3.63, 3.8) is 0 Å². The fourth-order valence-electron chi connectivity index (χ4n) is 2.21. The molecular formula is C16H20N4OS2. The predicted octanol–water partition coefficient (Wildman–Crippen LogP) is 3.13. The van der Waals surface area contributed by atoms with E-state index in [0.29, 0.717) is 18.3 Å². The van der Waals surface area contributed by atoms with E-state index in [0.717, 1.165) is 35.8 Å². The highest BCUT2D eigenvalue weighted by molar-refractivity contribution is 7.99. The summed E-state index contributed by atoms with van der Waals surface area (Å²) in [5.41, 5.74) is 1.08. The number of carbonyl (C=O) groups is 1. The zero-order chi connectivity index (χ0) is 16.2. The van der Waals surface area contributed by atoms with Crippen LogP contribution in [-0.2, 0) is 17.8 Å². The van der Waals surface area contributed by atoms with Gasteiger partial charge in [0.05, 0.1) is 5.75 Å². The number of nitrogens with zero attached hydrogens (tertiary/aromatic N) is 3. The van der Waals surface area contributed by atoms with E-state index in [1.54, 1.807) is 11.3 Å². The summed E-state index contributed by atoms with van der Waals surface area (Å²) in [6.45, 7) is 6.59. The number of hydrogen-bond donors (Lipinski definition) is 1. The van der Waals surface area contributed by atoms with E-state index >= 15 is 0 Å². The van der Waals surface area contributed by atoms with Gasteiger partial charge in [0.25, 0.3) is 0 Å². The van der Waals surface area contributed by atoms with Crippen molar-refractivity contribution >= 4 is 29.0 Å². The summed E-state index contributed by atoms with van der Waals surface area (Å²) in [6, 6.07) is 2.55. The van der Waals surface area contributed by atoms with Gasteiger partial charge < -0.3 is 5.32 Å². The Kier molecular flexibility index (Phi) is 5.17. The molecule has 5 nitrogen and oxygen atoms in total. The van der Waals surface area contributed by atoms with Crippen molar-refractivity contribution in [2.45, 2.75) is 43.9 Å². The minimum atomic E-state index is 0.0657. The van der Waals surface area contributed by atoms with Crippen LogP contribution in [0.1, 0.15) is 24.6 Å². The Bertz CT molecular complexity index is 703. The fraction of sp³-hybridized carbons (Fsp3) is 0.438. The molecule has 23 heavy (non-hydrogen) atoms. The smallest absolute Gasteiger partial charge is 0.230 e. The quantitative estimate of drug-likeness (QED) is 0.588. The van der Waals surface area contributed by atoms with Crippen LogP contribution in [0, 0.1) is 0 Å². The van der Waals surface area contributed by atoms with Gasteiger partial charge in [-0.1, -0.05) is 24.8 Å². The van der Waals surface area contributed by atoms with Crippen molar-refractivity contribution < 1.29 is 4.79 Å². The lowest BCUT2D eigenvalue weighted by atomic mass is 10.2.